The second-order valence-electron chi connectivity index (χ2n) is 4.07. The lowest BCUT2D eigenvalue weighted by Gasteiger charge is -2.21. The van der Waals surface area contributed by atoms with Crippen LogP contribution in [0.1, 0.15) is 6.42 Å². The van der Waals surface area contributed by atoms with E-state index in [9.17, 15) is 5.11 Å². The Morgan fingerprint density at radius 2 is 2.29 bits per heavy atom. The van der Waals surface area contributed by atoms with Crippen LogP contribution in [0.2, 0.25) is 10.0 Å². The number of aliphatic hydroxyl groups is 1. The van der Waals surface area contributed by atoms with Crippen LogP contribution in [0, 0.1) is 0 Å². The van der Waals surface area contributed by atoms with Crippen molar-refractivity contribution in [2.24, 2.45) is 0 Å². The van der Waals surface area contributed by atoms with Gasteiger partial charge in [-0.2, -0.15) is 0 Å². The van der Waals surface area contributed by atoms with E-state index in [-0.39, 0.29) is 5.82 Å². The highest BCUT2D eigenvalue weighted by Crippen LogP contribution is 2.28. The lowest BCUT2D eigenvalue weighted by Crippen LogP contribution is -2.37. The van der Waals surface area contributed by atoms with Gasteiger partial charge < -0.3 is 20.9 Å². The van der Waals surface area contributed by atoms with Crippen LogP contribution in [0.25, 0.3) is 0 Å². The molecule has 1 aliphatic heterocycles. The summed E-state index contributed by atoms with van der Waals surface area (Å²) < 4.78 is 5.13. The number of hydrogen-bond acceptors (Lipinski definition) is 5. The van der Waals surface area contributed by atoms with E-state index in [1.807, 2.05) is 0 Å². The number of nitrogens with zero attached hydrogens (tertiary/aromatic N) is 1. The van der Waals surface area contributed by atoms with Crippen molar-refractivity contribution in [1.82, 2.24) is 4.98 Å². The molecule has 0 amide bonds. The molecular formula is C10H13Cl2N3O2. The number of anilines is 2. The van der Waals surface area contributed by atoms with Gasteiger partial charge in [0, 0.05) is 19.6 Å². The van der Waals surface area contributed by atoms with E-state index in [1.54, 1.807) is 0 Å². The monoisotopic (exact) mass is 277 g/mol. The zero-order valence-corrected chi connectivity index (χ0v) is 10.6. The third kappa shape index (κ3) is 2.93. The van der Waals surface area contributed by atoms with E-state index in [2.05, 4.69) is 10.3 Å². The molecule has 0 aromatic carbocycles. The van der Waals surface area contributed by atoms with E-state index in [1.165, 1.54) is 6.07 Å². The third-order valence-electron chi connectivity index (χ3n) is 2.62. The lowest BCUT2D eigenvalue weighted by atomic mass is 10.0. The Kier molecular flexibility index (Phi) is 3.63. The van der Waals surface area contributed by atoms with E-state index < -0.39 is 5.60 Å². The van der Waals surface area contributed by atoms with Crippen LogP contribution in [0.5, 0.6) is 0 Å². The van der Waals surface area contributed by atoms with E-state index in [0.29, 0.717) is 42.0 Å². The minimum atomic E-state index is -0.876. The van der Waals surface area contributed by atoms with Gasteiger partial charge in [-0.25, -0.2) is 4.98 Å². The highest BCUT2D eigenvalue weighted by molar-refractivity contribution is 6.37. The summed E-state index contributed by atoms with van der Waals surface area (Å²) in [5.41, 5.74) is 4.70. The van der Waals surface area contributed by atoms with Gasteiger partial charge in [0.1, 0.15) is 17.2 Å². The first kappa shape index (κ1) is 12.7. The minimum absolute atomic E-state index is 0.202. The molecule has 0 aliphatic carbocycles. The number of hydrogen-bond donors (Lipinski definition) is 3. The van der Waals surface area contributed by atoms with Gasteiger partial charge in [0.2, 0.25) is 0 Å². The first-order valence-corrected chi connectivity index (χ1v) is 5.91. The van der Waals surface area contributed by atoms with Crippen LogP contribution in [-0.2, 0) is 4.74 Å². The number of ether oxygens (including phenoxy) is 1. The Morgan fingerprint density at radius 3 is 2.94 bits per heavy atom. The van der Waals surface area contributed by atoms with Crippen molar-refractivity contribution in [3.63, 3.8) is 0 Å². The lowest BCUT2D eigenvalue weighted by molar-refractivity contribution is 0.0381. The van der Waals surface area contributed by atoms with Crippen molar-refractivity contribution in [3.8, 4) is 0 Å². The van der Waals surface area contributed by atoms with Gasteiger partial charge in [0.25, 0.3) is 0 Å². The van der Waals surface area contributed by atoms with E-state index >= 15 is 0 Å². The average Bonchev–Trinajstić information content (AvgIpc) is 2.69. The second kappa shape index (κ2) is 4.86. The Morgan fingerprint density at radius 1 is 1.53 bits per heavy atom. The molecule has 17 heavy (non-hydrogen) atoms. The van der Waals surface area contributed by atoms with Gasteiger partial charge in [0.15, 0.2) is 0 Å². The fourth-order valence-electron chi connectivity index (χ4n) is 1.59. The molecule has 5 nitrogen and oxygen atoms in total. The summed E-state index contributed by atoms with van der Waals surface area (Å²) in [6, 6.07) is 1.52. The van der Waals surface area contributed by atoms with Crippen molar-refractivity contribution < 1.29 is 9.84 Å². The molecule has 2 rings (SSSR count). The molecule has 2 heterocycles. The Labute approximate surface area is 109 Å². The molecule has 0 radical (unpaired) electrons. The maximum Gasteiger partial charge on any atom is 0.147 e. The number of nitrogens with two attached hydrogens (primary N) is 1. The summed E-state index contributed by atoms with van der Waals surface area (Å²) in [5.74, 6) is 0.613. The van der Waals surface area contributed by atoms with Crippen molar-refractivity contribution in [3.05, 3.63) is 16.1 Å². The molecule has 1 aliphatic rings. The third-order valence-corrected chi connectivity index (χ3v) is 3.21. The largest absolute Gasteiger partial charge is 0.386 e. The summed E-state index contributed by atoms with van der Waals surface area (Å²) in [6.45, 7) is 1.17. The van der Waals surface area contributed by atoms with Crippen LogP contribution < -0.4 is 11.1 Å². The molecule has 1 aromatic heterocycles. The van der Waals surface area contributed by atoms with Crippen molar-refractivity contribution in [2.75, 3.05) is 30.8 Å². The molecule has 7 heteroatoms. The van der Waals surface area contributed by atoms with Crippen LogP contribution >= 0.6 is 23.2 Å². The first-order chi connectivity index (χ1) is 8.00. The number of aromatic nitrogens is 1. The molecule has 0 saturated carbocycles. The topological polar surface area (TPSA) is 80.4 Å². The van der Waals surface area contributed by atoms with Gasteiger partial charge in [0.05, 0.1) is 16.7 Å². The maximum atomic E-state index is 10.1. The molecular weight excluding hydrogens is 265 g/mol. The minimum Gasteiger partial charge on any atom is -0.386 e. The SMILES string of the molecule is Nc1nc(NCC2(O)CCOC2)c(Cl)cc1Cl. The van der Waals surface area contributed by atoms with Gasteiger partial charge in [-0.3, -0.25) is 0 Å². The van der Waals surface area contributed by atoms with Gasteiger partial charge in [-0.15, -0.1) is 0 Å². The Hall–Kier alpha value is -0.750. The fraction of sp³-hybridized carbons (Fsp3) is 0.500. The van der Waals surface area contributed by atoms with Gasteiger partial charge in [-0.05, 0) is 6.07 Å². The van der Waals surface area contributed by atoms with Gasteiger partial charge >= 0.3 is 0 Å². The van der Waals surface area contributed by atoms with E-state index in [4.69, 9.17) is 33.7 Å². The van der Waals surface area contributed by atoms with Crippen LogP contribution in [-0.4, -0.2) is 35.5 Å². The molecule has 94 valence electrons. The van der Waals surface area contributed by atoms with Crippen molar-refractivity contribution in [2.45, 2.75) is 12.0 Å². The summed E-state index contributed by atoms with van der Waals surface area (Å²) in [6.07, 6.45) is 0.584. The van der Waals surface area contributed by atoms with Crippen LogP contribution in [0.3, 0.4) is 0 Å². The van der Waals surface area contributed by atoms with Crippen molar-refractivity contribution in [1.29, 1.82) is 0 Å². The number of rotatable bonds is 3. The zero-order valence-electron chi connectivity index (χ0n) is 9.04. The fourth-order valence-corrected chi connectivity index (χ4v) is 2.01. The Bertz CT molecular complexity index is 422. The highest BCUT2D eigenvalue weighted by Gasteiger charge is 2.32. The molecule has 1 aromatic rings. The highest BCUT2D eigenvalue weighted by atomic mass is 35.5. The Balaban J connectivity index is 2.06. The molecule has 1 unspecified atom stereocenters. The van der Waals surface area contributed by atoms with Crippen LogP contribution in [0.4, 0.5) is 11.6 Å². The molecule has 0 spiro atoms. The quantitative estimate of drug-likeness (QED) is 0.781. The number of nitrogen functional groups attached to an aromatic ring is 1. The smallest absolute Gasteiger partial charge is 0.147 e. The molecule has 1 saturated heterocycles. The summed E-state index contributed by atoms with van der Waals surface area (Å²) >= 11 is 11.7. The molecule has 1 fully saturated rings. The molecule has 4 N–H and O–H groups in total. The predicted octanol–water partition coefficient (Wildman–Crippen LogP) is 1.53. The summed E-state index contributed by atoms with van der Waals surface area (Å²) in [4.78, 5) is 4.02. The maximum absolute atomic E-state index is 10.1. The second-order valence-corrected chi connectivity index (χ2v) is 4.88. The number of halogens is 2. The zero-order chi connectivity index (χ0) is 12.5. The number of pyridine rings is 1. The number of nitrogens with one attached hydrogen (secondary N) is 1. The van der Waals surface area contributed by atoms with E-state index in [0.717, 1.165) is 0 Å². The molecule has 1 atom stereocenters. The molecule has 0 bridgehead atoms. The summed E-state index contributed by atoms with van der Waals surface area (Å²) in [7, 11) is 0. The standard InChI is InChI=1S/C10H13Cl2N3O2/c11-6-3-7(12)9(15-8(6)13)14-4-10(16)1-2-17-5-10/h3,16H,1-2,4-5H2,(H3,13,14,15). The first-order valence-electron chi connectivity index (χ1n) is 5.16. The normalized spacial score (nSPS) is 23.9. The summed E-state index contributed by atoms with van der Waals surface area (Å²) in [5, 5.41) is 13.7. The van der Waals surface area contributed by atoms with Crippen molar-refractivity contribution >= 4 is 34.8 Å². The van der Waals surface area contributed by atoms with Crippen LogP contribution in [0.15, 0.2) is 6.07 Å². The van der Waals surface area contributed by atoms with Gasteiger partial charge in [-0.1, -0.05) is 23.2 Å². The average molecular weight is 278 g/mol. The predicted molar refractivity (Wildman–Crippen MR) is 67.5 cm³/mol.